The van der Waals surface area contributed by atoms with Crippen molar-refractivity contribution >= 4 is 0 Å². The predicted octanol–water partition coefficient (Wildman–Crippen LogP) is 1.54. The Hall–Kier alpha value is -0.0800. The van der Waals surface area contributed by atoms with Gasteiger partial charge < -0.3 is 10.4 Å². The van der Waals surface area contributed by atoms with Gasteiger partial charge in [0.1, 0.15) is 0 Å². The zero-order valence-corrected chi connectivity index (χ0v) is 8.21. The van der Waals surface area contributed by atoms with E-state index in [4.69, 9.17) is 5.11 Å². The van der Waals surface area contributed by atoms with Crippen LogP contribution in [0.1, 0.15) is 39.5 Å². The Balaban J connectivity index is 2.21. The first-order chi connectivity index (χ1) is 5.74. The highest BCUT2D eigenvalue weighted by molar-refractivity contribution is 4.78. The molecule has 0 aromatic rings. The highest BCUT2D eigenvalue weighted by Gasteiger charge is 2.21. The number of aliphatic hydroxyl groups is 1. The van der Waals surface area contributed by atoms with Crippen LogP contribution < -0.4 is 5.32 Å². The van der Waals surface area contributed by atoms with Gasteiger partial charge in [0.25, 0.3) is 0 Å². The normalized spacial score (nSPS) is 24.2. The minimum Gasteiger partial charge on any atom is -0.395 e. The Morgan fingerprint density at radius 3 is 2.42 bits per heavy atom. The zero-order chi connectivity index (χ0) is 8.97. The molecule has 12 heavy (non-hydrogen) atoms. The van der Waals surface area contributed by atoms with Gasteiger partial charge in [-0.05, 0) is 32.6 Å². The maximum Gasteiger partial charge on any atom is 0.0582 e. The van der Waals surface area contributed by atoms with Crippen LogP contribution in [0.4, 0.5) is 0 Å². The zero-order valence-electron chi connectivity index (χ0n) is 8.21. The summed E-state index contributed by atoms with van der Waals surface area (Å²) in [6, 6.07) is 0.829. The van der Waals surface area contributed by atoms with E-state index in [2.05, 4.69) is 12.2 Å². The van der Waals surface area contributed by atoms with Crippen molar-refractivity contribution in [3.63, 3.8) is 0 Å². The van der Waals surface area contributed by atoms with Crippen LogP contribution in [0, 0.1) is 5.92 Å². The molecule has 0 amide bonds. The van der Waals surface area contributed by atoms with Crippen LogP contribution in [0.5, 0.6) is 0 Å². The summed E-state index contributed by atoms with van der Waals surface area (Å²) in [5.74, 6) is 0.846. The van der Waals surface area contributed by atoms with Gasteiger partial charge in [0.05, 0.1) is 6.61 Å². The molecule has 2 nitrogen and oxygen atoms in total. The molecule has 0 spiro atoms. The Morgan fingerprint density at radius 1 is 1.33 bits per heavy atom. The lowest BCUT2D eigenvalue weighted by atomic mass is 9.99. The molecule has 1 aliphatic carbocycles. The molecule has 2 N–H and O–H groups in total. The maximum atomic E-state index is 8.86. The van der Waals surface area contributed by atoms with Crippen LogP contribution in [-0.2, 0) is 0 Å². The van der Waals surface area contributed by atoms with Gasteiger partial charge in [0.2, 0.25) is 0 Å². The molecule has 0 bridgehead atoms. The largest absolute Gasteiger partial charge is 0.395 e. The van der Waals surface area contributed by atoms with Crippen LogP contribution in [-0.4, -0.2) is 23.8 Å². The van der Waals surface area contributed by atoms with E-state index in [9.17, 15) is 0 Å². The standard InChI is InChI=1S/C10H21NO/c1-8(7-12)11-9(2)10-5-3-4-6-10/h8-12H,3-7H2,1-2H3/t8-,9?/m1/s1. The summed E-state index contributed by atoms with van der Waals surface area (Å²) in [5.41, 5.74) is 0. The summed E-state index contributed by atoms with van der Waals surface area (Å²) >= 11 is 0. The highest BCUT2D eigenvalue weighted by Crippen LogP contribution is 2.27. The minimum atomic E-state index is 0.247. The van der Waals surface area contributed by atoms with Gasteiger partial charge in [-0.1, -0.05) is 12.8 Å². The van der Waals surface area contributed by atoms with Gasteiger partial charge in [-0.25, -0.2) is 0 Å². The molecule has 1 unspecified atom stereocenters. The summed E-state index contributed by atoms with van der Waals surface area (Å²) in [6.45, 7) is 4.52. The molecule has 72 valence electrons. The maximum absolute atomic E-state index is 8.86. The van der Waals surface area contributed by atoms with E-state index in [1.807, 2.05) is 6.92 Å². The second-order valence-corrected chi connectivity index (χ2v) is 4.08. The van der Waals surface area contributed by atoms with Crippen LogP contribution in [0.25, 0.3) is 0 Å². The Morgan fingerprint density at radius 2 is 1.92 bits per heavy atom. The first-order valence-corrected chi connectivity index (χ1v) is 5.11. The van der Waals surface area contributed by atoms with Gasteiger partial charge in [-0.2, -0.15) is 0 Å². The Kier molecular flexibility index (Phi) is 4.02. The molecule has 1 fully saturated rings. The van der Waals surface area contributed by atoms with Crippen LogP contribution in [0.2, 0.25) is 0 Å². The summed E-state index contributed by atoms with van der Waals surface area (Å²) in [6.07, 6.45) is 5.52. The smallest absolute Gasteiger partial charge is 0.0582 e. The number of aliphatic hydroxyl groups excluding tert-OH is 1. The van der Waals surface area contributed by atoms with E-state index in [0.29, 0.717) is 6.04 Å². The second-order valence-electron chi connectivity index (χ2n) is 4.08. The molecular formula is C10H21NO. The molecule has 1 rings (SSSR count). The quantitative estimate of drug-likeness (QED) is 0.672. The van der Waals surface area contributed by atoms with E-state index in [-0.39, 0.29) is 12.6 Å². The number of rotatable bonds is 4. The van der Waals surface area contributed by atoms with Crippen molar-refractivity contribution in [2.24, 2.45) is 5.92 Å². The first-order valence-electron chi connectivity index (χ1n) is 5.11. The molecule has 0 aliphatic heterocycles. The molecule has 2 atom stereocenters. The monoisotopic (exact) mass is 171 g/mol. The van der Waals surface area contributed by atoms with Crippen molar-refractivity contribution in [2.45, 2.75) is 51.6 Å². The predicted molar refractivity (Wildman–Crippen MR) is 51.1 cm³/mol. The third kappa shape index (κ3) is 2.76. The lowest BCUT2D eigenvalue weighted by Crippen LogP contribution is -2.40. The van der Waals surface area contributed by atoms with Gasteiger partial charge in [-0.15, -0.1) is 0 Å². The summed E-state index contributed by atoms with van der Waals surface area (Å²) < 4.78 is 0. The molecule has 0 heterocycles. The van der Waals surface area contributed by atoms with Crippen LogP contribution in [0.3, 0.4) is 0 Å². The van der Waals surface area contributed by atoms with E-state index >= 15 is 0 Å². The van der Waals surface area contributed by atoms with Crippen molar-refractivity contribution < 1.29 is 5.11 Å². The molecule has 1 saturated carbocycles. The van der Waals surface area contributed by atoms with Gasteiger partial charge in [0, 0.05) is 12.1 Å². The average molecular weight is 171 g/mol. The van der Waals surface area contributed by atoms with Crippen molar-refractivity contribution in [1.29, 1.82) is 0 Å². The van der Waals surface area contributed by atoms with Crippen molar-refractivity contribution in [2.75, 3.05) is 6.61 Å². The summed E-state index contributed by atoms with van der Waals surface area (Å²) in [4.78, 5) is 0. The van der Waals surface area contributed by atoms with Crippen molar-refractivity contribution in [3.05, 3.63) is 0 Å². The molecule has 0 radical (unpaired) electrons. The molecule has 0 aromatic carbocycles. The lowest BCUT2D eigenvalue weighted by molar-refractivity contribution is 0.228. The van der Waals surface area contributed by atoms with Gasteiger partial charge in [0.15, 0.2) is 0 Å². The molecule has 0 saturated heterocycles. The molecule has 2 heteroatoms. The van der Waals surface area contributed by atoms with Crippen LogP contribution >= 0.6 is 0 Å². The van der Waals surface area contributed by atoms with Crippen LogP contribution in [0.15, 0.2) is 0 Å². The summed E-state index contributed by atoms with van der Waals surface area (Å²) in [5, 5.41) is 12.3. The van der Waals surface area contributed by atoms with E-state index < -0.39 is 0 Å². The number of hydrogen-bond acceptors (Lipinski definition) is 2. The molecule has 0 aromatic heterocycles. The Labute approximate surface area is 75.4 Å². The minimum absolute atomic E-state index is 0.247. The topological polar surface area (TPSA) is 32.3 Å². The second kappa shape index (κ2) is 4.83. The fourth-order valence-corrected chi connectivity index (χ4v) is 2.09. The van der Waals surface area contributed by atoms with Crippen molar-refractivity contribution in [1.82, 2.24) is 5.32 Å². The fourth-order valence-electron chi connectivity index (χ4n) is 2.09. The first kappa shape index (κ1) is 10.0. The van der Waals surface area contributed by atoms with Crippen molar-refractivity contribution in [3.8, 4) is 0 Å². The molecular weight excluding hydrogens is 150 g/mol. The molecule has 1 aliphatic rings. The van der Waals surface area contributed by atoms with E-state index in [1.54, 1.807) is 0 Å². The highest BCUT2D eigenvalue weighted by atomic mass is 16.3. The third-order valence-electron chi connectivity index (χ3n) is 2.93. The van der Waals surface area contributed by atoms with Gasteiger partial charge >= 0.3 is 0 Å². The van der Waals surface area contributed by atoms with E-state index in [1.165, 1.54) is 25.7 Å². The lowest BCUT2D eigenvalue weighted by Gasteiger charge is -2.23. The average Bonchev–Trinajstić information content (AvgIpc) is 2.56. The number of nitrogens with one attached hydrogen (secondary N) is 1. The fraction of sp³-hybridized carbons (Fsp3) is 1.00. The summed E-state index contributed by atoms with van der Waals surface area (Å²) in [7, 11) is 0. The van der Waals surface area contributed by atoms with E-state index in [0.717, 1.165) is 5.92 Å². The SMILES string of the molecule is CC(N[C@H](C)CO)C1CCCC1. The van der Waals surface area contributed by atoms with Gasteiger partial charge in [-0.3, -0.25) is 0 Å². The number of hydrogen-bond donors (Lipinski definition) is 2. The Bertz CT molecular complexity index is 121. The third-order valence-corrected chi connectivity index (χ3v) is 2.93.